The number of carbonyl (C=O) groups is 1. The number of carbonyl (C=O) groups excluding carboxylic acids is 1. The zero-order valence-corrected chi connectivity index (χ0v) is 13.3. The van der Waals surface area contributed by atoms with Crippen molar-refractivity contribution in [3.63, 3.8) is 0 Å². The minimum Gasteiger partial charge on any atom is -0.310 e. The van der Waals surface area contributed by atoms with Gasteiger partial charge in [-0.15, -0.1) is 0 Å². The molecule has 1 amide bonds. The third-order valence-electron chi connectivity index (χ3n) is 3.69. The standard InChI is InChI=1S/C16H17N3O2S/c1-3-22-16-18-14-13(15(21)19-16)11(8-12(20)17-14)10-6-4-9(2)5-7-10/h4-7,11H,3,8H2,1-2H3,(H2,17,18,19,20,21). The highest BCUT2D eigenvalue weighted by Gasteiger charge is 2.30. The van der Waals surface area contributed by atoms with Gasteiger partial charge in [0.25, 0.3) is 5.56 Å². The molecule has 0 saturated heterocycles. The molecular weight excluding hydrogens is 298 g/mol. The third kappa shape index (κ3) is 2.78. The highest BCUT2D eigenvalue weighted by Crippen LogP contribution is 2.34. The van der Waals surface area contributed by atoms with Gasteiger partial charge in [0.2, 0.25) is 5.91 Å². The smallest absolute Gasteiger partial charge is 0.257 e. The van der Waals surface area contributed by atoms with E-state index in [-0.39, 0.29) is 23.8 Å². The largest absolute Gasteiger partial charge is 0.310 e. The van der Waals surface area contributed by atoms with Gasteiger partial charge in [-0.25, -0.2) is 4.98 Å². The minimum absolute atomic E-state index is 0.108. The fourth-order valence-electron chi connectivity index (χ4n) is 2.64. The first kappa shape index (κ1) is 14.8. The van der Waals surface area contributed by atoms with Crippen molar-refractivity contribution < 1.29 is 4.79 Å². The molecule has 0 radical (unpaired) electrons. The van der Waals surface area contributed by atoms with Gasteiger partial charge >= 0.3 is 0 Å². The lowest BCUT2D eigenvalue weighted by Crippen LogP contribution is -2.31. The van der Waals surface area contributed by atoms with Gasteiger partial charge in [0.15, 0.2) is 5.16 Å². The van der Waals surface area contributed by atoms with Crippen LogP contribution in [-0.4, -0.2) is 21.6 Å². The number of H-pyrrole nitrogens is 1. The van der Waals surface area contributed by atoms with Crippen LogP contribution in [0.15, 0.2) is 34.2 Å². The van der Waals surface area contributed by atoms with E-state index in [1.807, 2.05) is 38.1 Å². The van der Waals surface area contributed by atoms with E-state index in [2.05, 4.69) is 15.3 Å². The number of hydrogen-bond donors (Lipinski definition) is 2. The van der Waals surface area contributed by atoms with Crippen LogP contribution in [0.2, 0.25) is 0 Å². The van der Waals surface area contributed by atoms with Gasteiger partial charge in [0, 0.05) is 12.3 Å². The van der Waals surface area contributed by atoms with Gasteiger partial charge < -0.3 is 10.3 Å². The monoisotopic (exact) mass is 315 g/mol. The molecule has 0 saturated carbocycles. The summed E-state index contributed by atoms with van der Waals surface area (Å²) in [4.78, 5) is 31.6. The first-order valence-electron chi connectivity index (χ1n) is 7.22. The molecule has 2 heterocycles. The van der Waals surface area contributed by atoms with Crippen LogP contribution in [0.1, 0.15) is 36.0 Å². The van der Waals surface area contributed by atoms with E-state index in [9.17, 15) is 9.59 Å². The summed E-state index contributed by atoms with van der Waals surface area (Å²) in [7, 11) is 0. The van der Waals surface area contributed by atoms with Crippen LogP contribution >= 0.6 is 11.8 Å². The van der Waals surface area contributed by atoms with Crippen molar-refractivity contribution in [2.75, 3.05) is 11.1 Å². The van der Waals surface area contributed by atoms with Crippen molar-refractivity contribution in [3.05, 3.63) is 51.3 Å². The summed E-state index contributed by atoms with van der Waals surface area (Å²) in [6.45, 7) is 3.99. The molecule has 1 atom stereocenters. The van der Waals surface area contributed by atoms with Crippen LogP contribution in [0.4, 0.5) is 5.82 Å². The normalized spacial score (nSPS) is 17.0. The second-order valence-electron chi connectivity index (χ2n) is 5.28. The van der Waals surface area contributed by atoms with Crippen LogP contribution in [0, 0.1) is 6.92 Å². The summed E-state index contributed by atoms with van der Waals surface area (Å²) in [5.74, 6) is 0.836. The van der Waals surface area contributed by atoms with Crippen LogP contribution in [0.3, 0.4) is 0 Å². The van der Waals surface area contributed by atoms with Gasteiger partial charge in [-0.1, -0.05) is 48.5 Å². The van der Waals surface area contributed by atoms with Crippen molar-refractivity contribution in [1.29, 1.82) is 0 Å². The molecule has 0 bridgehead atoms. The molecule has 1 aliphatic heterocycles. The molecular formula is C16H17N3O2S. The van der Waals surface area contributed by atoms with Crippen LogP contribution < -0.4 is 10.9 Å². The highest BCUT2D eigenvalue weighted by molar-refractivity contribution is 7.99. The van der Waals surface area contributed by atoms with E-state index in [1.54, 1.807) is 0 Å². The van der Waals surface area contributed by atoms with E-state index in [0.717, 1.165) is 16.9 Å². The lowest BCUT2D eigenvalue weighted by molar-refractivity contribution is -0.116. The predicted octanol–water partition coefficient (Wildman–Crippen LogP) is 2.66. The number of benzene rings is 1. The molecule has 1 aromatic heterocycles. The van der Waals surface area contributed by atoms with E-state index in [1.165, 1.54) is 11.8 Å². The molecule has 2 N–H and O–H groups in total. The number of nitrogens with zero attached hydrogens (tertiary/aromatic N) is 1. The second kappa shape index (κ2) is 5.96. The van der Waals surface area contributed by atoms with Crippen LogP contribution in [-0.2, 0) is 4.79 Å². The molecule has 1 aromatic carbocycles. The van der Waals surface area contributed by atoms with E-state index < -0.39 is 0 Å². The molecule has 0 aliphatic carbocycles. The zero-order chi connectivity index (χ0) is 15.7. The highest BCUT2D eigenvalue weighted by atomic mass is 32.2. The summed E-state index contributed by atoms with van der Waals surface area (Å²) in [6, 6.07) is 7.92. The maximum absolute atomic E-state index is 12.5. The summed E-state index contributed by atoms with van der Waals surface area (Å²) < 4.78 is 0. The van der Waals surface area contributed by atoms with Crippen molar-refractivity contribution in [1.82, 2.24) is 9.97 Å². The Balaban J connectivity index is 2.11. The van der Waals surface area contributed by atoms with Gasteiger partial charge in [0.05, 0.1) is 5.56 Å². The summed E-state index contributed by atoms with van der Waals surface area (Å²) in [5, 5.41) is 3.27. The van der Waals surface area contributed by atoms with E-state index in [4.69, 9.17) is 0 Å². The minimum atomic E-state index is -0.249. The number of aryl methyl sites for hydroxylation is 1. The Morgan fingerprint density at radius 1 is 1.27 bits per heavy atom. The third-order valence-corrected chi connectivity index (χ3v) is 4.45. The Hall–Kier alpha value is -2.08. The second-order valence-corrected chi connectivity index (χ2v) is 6.53. The Morgan fingerprint density at radius 3 is 2.68 bits per heavy atom. The van der Waals surface area contributed by atoms with Gasteiger partial charge in [-0.2, -0.15) is 0 Å². The quantitative estimate of drug-likeness (QED) is 0.674. The maximum Gasteiger partial charge on any atom is 0.257 e. The zero-order valence-electron chi connectivity index (χ0n) is 12.5. The SMILES string of the molecule is CCSc1nc2c(c(=O)[nH]1)C(c1ccc(C)cc1)CC(=O)N2. The molecule has 0 spiro atoms. The average molecular weight is 315 g/mol. The number of nitrogens with one attached hydrogen (secondary N) is 2. The lowest BCUT2D eigenvalue weighted by atomic mass is 9.86. The molecule has 1 aliphatic rings. The lowest BCUT2D eigenvalue weighted by Gasteiger charge is -2.24. The molecule has 114 valence electrons. The summed E-state index contributed by atoms with van der Waals surface area (Å²) in [6.07, 6.45) is 0.265. The number of anilines is 1. The number of hydrogen-bond acceptors (Lipinski definition) is 4. The van der Waals surface area contributed by atoms with Crippen LogP contribution in [0.5, 0.6) is 0 Å². The average Bonchev–Trinajstić information content (AvgIpc) is 2.47. The van der Waals surface area contributed by atoms with Gasteiger partial charge in [-0.05, 0) is 18.2 Å². The molecule has 5 nitrogen and oxygen atoms in total. The van der Waals surface area contributed by atoms with Crippen molar-refractivity contribution in [2.45, 2.75) is 31.3 Å². The first-order valence-corrected chi connectivity index (χ1v) is 8.20. The number of fused-ring (bicyclic) bond motifs is 1. The molecule has 3 rings (SSSR count). The van der Waals surface area contributed by atoms with E-state index >= 15 is 0 Å². The topological polar surface area (TPSA) is 74.8 Å². The van der Waals surface area contributed by atoms with E-state index in [0.29, 0.717) is 16.5 Å². The van der Waals surface area contributed by atoms with Gasteiger partial charge in [-0.3, -0.25) is 9.59 Å². The fraction of sp³-hybridized carbons (Fsp3) is 0.312. The molecule has 0 fully saturated rings. The summed E-state index contributed by atoms with van der Waals surface area (Å²) >= 11 is 1.44. The number of aromatic nitrogens is 2. The summed E-state index contributed by atoms with van der Waals surface area (Å²) in [5.41, 5.74) is 2.48. The number of amides is 1. The molecule has 1 unspecified atom stereocenters. The molecule has 22 heavy (non-hydrogen) atoms. The van der Waals surface area contributed by atoms with Gasteiger partial charge in [0.1, 0.15) is 5.82 Å². The molecule has 6 heteroatoms. The van der Waals surface area contributed by atoms with Crippen molar-refractivity contribution >= 4 is 23.5 Å². The number of thioether (sulfide) groups is 1. The Labute approximate surface area is 132 Å². The first-order chi connectivity index (χ1) is 10.6. The maximum atomic E-state index is 12.5. The van der Waals surface area contributed by atoms with Crippen molar-refractivity contribution in [3.8, 4) is 0 Å². The number of rotatable bonds is 3. The Kier molecular flexibility index (Phi) is 4.02. The molecule has 2 aromatic rings. The van der Waals surface area contributed by atoms with Crippen LogP contribution in [0.25, 0.3) is 0 Å². The van der Waals surface area contributed by atoms with Crippen molar-refractivity contribution in [2.24, 2.45) is 0 Å². The number of aromatic amines is 1. The Morgan fingerprint density at radius 2 is 2.00 bits per heavy atom. The fourth-order valence-corrected chi connectivity index (χ4v) is 3.23. The predicted molar refractivity (Wildman–Crippen MR) is 87.5 cm³/mol. The Bertz CT molecular complexity index is 768.